The van der Waals surface area contributed by atoms with E-state index in [1.54, 1.807) is 36.4 Å². The summed E-state index contributed by atoms with van der Waals surface area (Å²) in [5.74, 6) is -0.209. The van der Waals surface area contributed by atoms with E-state index in [1.165, 1.54) is 19.2 Å². The Bertz CT molecular complexity index is 1210. The number of nitrogens with one attached hydrogen (secondary N) is 1. The van der Waals surface area contributed by atoms with Crippen LogP contribution in [0.1, 0.15) is 20.3 Å². The number of esters is 1. The molecule has 0 spiro atoms. The molecule has 0 aliphatic carbocycles. The molecule has 0 saturated carbocycles. The summed E-state index contributed by atoms with van der Waals surface area (Å²) in [4.78, 5) is 24.1. The van der Waals surface area contributed by atoms with Crippen LogP contribution in [-0.4, -0.2) is 27.5 Å². The van der Waals surface area contributed by atoms with Crippen LogP contribution in [0.4, 0.5) is 0 Å². The Morgan fingerprint density at radius 3 is 2.40 bits per heavy atom. The van der Waals surface area contributed by atoms with E-state index in [2.05, 4.69) is 4.72 Å². The van der Waals surface area contributed by atoms with Crippen LogP contribution in [0.25, 0.3) is 22.1 Å². The molecule has 0 aliphatic rings. The van der Waals surface area contributed by atoms with Gasteiger partial charge in [-0.1, -0.05) is 32.0 Å². The van der Waals surface area contributed by atoms with Gasteiger partial charge < -0.3 is 9.15 Å². The fourth-order valence-corrected chi connectivity index (χ4v) is 4.33. The first-order valence-corrected chi connectivity index (χ1v) is 10.9. The molecular formula is C22H23NO6S. The summed E-state index contributed by atoms with van der Waals surface area (Å²) in [6, 6.07) is 13.7. The Labute approximate surface area is 174 Å². The molecule has 1 unspecified atom stereocenters. The standard InChI is InChI=1S/C22H23NO6S/c1-14(2)12-19(22(25)28-3)23-30(26,27)17-10-8-15(9-11-17)20-13-16-6-4-5-7-18(16)21(24)29-20/h4-11,13-14,19,23H,12H2,1-3H3. The Morgan fingerprint density at radius 1 is 1.10 bits per heavy atom. The number of hydrogen-bond acceptors (Lipinski definition) is 6. The van der Waals surface area contributed by atoms with Gasteiger partial charge in [-0.15, -0.1) is 0 Å². The number of ether oxygens (including phenoxy) is 1. The molecule has 7 nitrogen and oxygen atoms in total. The second kappa shape index (κ2) is 8.81. The molecule has 1 heterocycles. The minimum Gasteiger partial charge on any atom is -0.468 e. The average molecular weight is 429 g/mol. The van der Waals surface area contributed by atoms with E-state index >= 15 is 0 Å². The molecular weight excluding hydrogens is 406 g/mol. The van der Waals surface area contributed by atoms with E-state index in [4.69, 9.17) is 9.15 Å². The predicted molar refractivity (Wildman–Crippen MR) is 114 cm³/mol. The van der Waals surface area contributed by atoms with E-state index in [0.717, 1.165) is 5.39 Å². The first-order chi connectivity index (χ1) is 14.2. The number of carbonyl (C=O) groups is 1. The number of carbonyl (C=O) groups excluding carboxylic acids is 1. The molecule has 3 aromatic rings. The van der Waals surface area contributed by atoms with Gasteiger partial charge in [0.05, 0.1) is 17.4 Å². The molecule has 1 N–H and O–H groups in total. The van der Waals surface area contributed by atoms with Crippen molar-refractivity contribution in [1.29, 1.82) is 0 Å². The summed E-state index contributed by atoms with van der Waals surface area (Å²) in [5.41, 5.74) is 0.0968. The van der Waals surface area contributed by atoms with Crippen molar-refractivity contribution in [2.45, 2.75) is 31.2 Å². The molecule has 0 amide bonds. The number of fused-ring (bicyclic) bond motifs is 1. The highest BCUT2D eigenvalue weighted by molar-refractivity contribution is 7.89. The van der Waals surface area contributed by atoms with Crippen LogP contribution in [-0.2, 0) is 19.6 Å². The fraction of sp³-hybridized carbons (Fsp3) is 0.273. The number of benzene rings is 2. The SMILES string of the molecule is COC(=O)C(CC(C)C)NS(=O)(=O)c1ccc(-c2cc3ccccc3c(=O)o2)cc1. The molecule has 0 radical (unpaired) electrons. The quantitative estimate of drug-likeness (QED) is 0.578. The lowest BCUT2D eigenvalue weighted by molar-refractivity contribution is -0.143. The number of rotatable bonds is 7. The van der Waals surface area contributed by atoms with Crippen molar-refractivity contribution in [2.75, 3.05) is 7.11 Å². The smallest absolute Gasteiger partial charge is 0.344 e. The van der Waals surface area contributed by atoms with Crippen molar-refractivity contribution in [3.05, 3.63) is 65.0 Å². The summed E-state index contributed by atoms with van der Waals surface area (Å²) in [7, 11) is -2.73. The van der Waals surface area contributed by atoms with Gasteiger partial charge in [0.1, 0.15) is 11.8 Å². The van der Waals surface area contributed by atoms with Crippen LogP contribution < -0.4 is 10.3 Å². The first kappa shape index (κ1) is 21.7. The van der Waals surface area contributed by atoms with Crippen LogP contribution in [0, 0.1) is 5.92 Å². The lowest BCUT2D eigenvalue weighted by atomic mass is 10.1. The topological polar surface area (TPSA) is 103 Å². The Kier molecular flexibility index (Phi) is 6.38. The highest BCUT2D eigenvalue weighted by atomic mass is 32.2. The average Bonchev–Trinajstić information content (AvgIpc) is 2.72. The van der Waals surface area contributed by atoms with E-state index in [1.807, 2.05) is 19.9 Å². The molecule has 158 valence electrons. The van der Waals surface area contributed by atoms with Crippen molar-refractivity contribution in [2.24, 2.45) is 5.92 Å². The Morgan fingerprint density at radius 2 is 1.77 bits per heavy atom. The van der Waals surface area contributed by atoms with Gasteiger partial charge in [-0.3, -0.25) is 4.79 Å². The summed E-state index contributed by atoms with van der Waals surface area (Å²) >= 11 is 0. The molecule has 1 aromatic heterocycles. The van der Waals surface area contributed by atoms with Gasteiger partial charge in [0, 0.05) is 5.56 Å². The van der Waals surface area contributed by atoms with Crippen molar-refractivity contribution in [3.8, 4) is 11.3 Å². The molecule has 1 atom stereocenters. The lowest BCUT2D eigenvalue weighted by Gasteiger charge is -2.18. The summed E-state index contributed by atoms with van der Waals surface area (Å²) < 4.78 is 38.0. The van der Waals surface area contributed by atoms with Crippen LogP contribution in [0.2, 0.25) is 0 Å². The monoisotopic (exact) mass is 429 g/mol. The largest absolute Gasteiger partial charge is 0.468 e. The van der Waals surface area contributed by atoms with Gasteiger partial charge in [0.25, 0.3) is 0 Å². The highest BCUT2D eigenvalue weighted by Gasteiger charge is 2.27. The molecule has 0 aliphatic heterocycles. The summed E-state index contributed by atoms with van der Waals surface area (Å²) in [5, 5.41) is 1.21. The molecule has 30 heavy (non-hydrogen) atoms. The van der Waals surface area contributed by atoms with Gasteiger partial charge in [0.2, 0.25) is 10.0 Å². The van der Waals surface area contributed by atoms with Gasteiger partial charge in [-0.25, -0.2) is 13.2 Å². The summed E-state index contributed by atoms with van der Waals surface area (Å²) in [6.45, 7) is 3.77. The highest BCUT2D eigenvalue weighted by Crippen LogP contribution is 2.24. The minimum atomic E-state index is -3.95. The van der Waals surface area contributed by atoms with E-state index < -0.39 is 27.7 Å². The van der Waals surface area contributed by atoms with Crippen molar-refractivity contribution >= 4 is 26.8 Å². The maximum Gasteiger partial charge on any atom is 0.344 e. The molecule has 0 fully saturated rings. The maximum atomic E-state index is 12.7. The second-order valence-electron chi connectivity index (χ2n) is 7.34. The van der Waals surface area contributed by atoms with E-state index in [-0.39, 0.29) is 10.8 Å². The predicted octanol–water partition coefficient (Wildman–Crippen LogP) is 3.33. The molecule has 0 saturated heterocycles. The van der Waals surface area contributed by atoms with Crippen LogP contribution in [0.5, 0.6) is 0 Å². The zero-order valence-corrected chi connectivity index (χ0v) is 17.7. The normalized spacial score (nSPS) is 12.8. The third-order valence-electron chi connectivity index (χ3n) is 4.61. The number of hydrogen-bond donors (Lipinski definition) is 1. The number of methoxy groups -OCH3 is 1. The van der Waals surface area contributed by atoms with Gasteiger partial charge in [0.15, 0.2) is 0 Å². The molecule has 8 heteroatoms. The Balaban J connectivity index is 1.89. The molecule has 3 rings (SSSR count). The van der Waals surface area contributed by atoms with Gasteiger partial charge in [-0.05, 0) is 54.1 Å². The Hall–Kier alpha value is -2.97. The molecule has 2 aromatic carbocycles. The van der Waals surface area contributed by atoms with Gasteiger partial charge >= 0.3 is 11.6 Å². The third-order valence-corrected chi connectivity index (χ3v) is 6.10. The van der Waals surface area contributed by atoms with E-state index in [9.17, 15) is 18.0 Å². The van der Waals surface area contributed by atoms with Crippen molar-refractivity contribution in [1.82, 2.24) is 4.72 Å². The molecule has 0 bridgehead atoms. The van der Waals surface area contributed by atoms with Crippen LogP contribution in [0.15, 0.2) is 68.7 Å². The van der Waals surface area contributed by atoms with Gasteiger partial charge in [-0.2, -0.15) is 4.72 Å². The lowest BCUT2D eigenvalue weighted by Crippen LogP contribution is -2.42. The van der Waals surface area contributed by atoms with Crippen molar-refractivity contribution < 1.29 is 22.4 Å². The first-order valence-electron chi connectivity index (χ1n) is 9.45. The van der Waals surface area contributed by atoms with Crippen LogP contribution in [0.3, 0.4) is 0 Å². The third kappa shape index (κ3) is 4.77. The zero-order valence-electron chi connectivity index (χ0n) is 16.9. The van der Waals surface area contributed by atoms with Crippen LogP contribution >= 0.6 is 0 Å². The maximum absolute atomic E-state index is 12.7. The van der Waals surface area contributed by atoms with E-state index in [0.29, 0.717) is 23.1 Å². The zero-order chi connectivity index (χ0) is 21.9. The number of sulfonamides is 1. The summed E-state index contributed by atoms with van der Waals surface area (Å²) in [6.07, 6.45) is 0.312. The second-order valence-corrected chi connectivity index (χ2v) is 9.05. The minimum absolute atomic E-state index is 0.00737. The fourth-order valence-electron chi connectivity index (χ4n) is 3.14. The van der Waals surface area contributed by atoms with Crippen molar-refractivity contribution in [3.63, 3.8) is 0 Å².